The van der Waals surface area contributed by atoms with E-state index in [1.165, 1.54) is 7.11 Å². The van der Waals surface area contributed by atoms with Gasteiger partial charge in [-0.1, -0.05) is 12.1 Å². The van der Waals surface area contributed by atoms with Crippen LogP contribution in [-0.2, 0) is 34.0 Å². The number of hydrogen-bond donors (Lipinski definition) is 0. The van der Waals surface area contributed by atoms with Crippen LogP contribution in [0.5, 0.6) is 5.75 Å². The molecule has 1 aliphatic rings. The summed E-state index contributed by atoms with van der Waals surface area (Å²) in [6.45, 7) is 1.64. The number of nitrogens with zero attached hydrogens (tertiary/aromatic N) is 5. The lowest BCUT2D eigenvalue weighted by Crippen LogP contribution is -2.23. The molecule has 0 N–H and O–H groups in total. The first-order chi connectivity index (χ1) is 19.7. The predicted octanol–water partition coefficient (Wildman–Crippen LogP) is 3.84. The van der Waals surface area contributed by atoms with Gasteiger partial charge in [-0.3, -0.25) is 14.3 Å². The standard InChI is InChI=1S/C30H35N5O5S/c1-38-29(36)14-24-30(37)22-7-5-6-8-25(22)35(33-24)17-28-32-23-13-21(16-31)27(40-18-20-9-10-20)15-26(23)34(28)19-39-11-12-41(2,3)4/h5-8,13,15,20H,9-12,14,17-19H2,1-4H3. The molecule has 4 aromatic rings. The summed E-state index contributed by atoms with van der Waals surface area (Å²) in [6, 6.07) is 13.0. The summed E-state index contributed by atoms with van der Waals surface area (Å²) in [5.41, 5.74) is 2.27. The summed E-state index contributed by atoms with van der Waals surface area (Å²) in [7, 11) is 0.557. The molecule has 5 rings (SSSR count). The Morgan fingerprint density at radius 2 is 1.95 bits per heavy atom. The Morgan fingerprint density at radius 1 is 1.17 bits per heavy atom. The Balaban J connectivity index is 1.58. The van der Waals surface area contributed by atoms with Gasteiger partial charge in [0.2, 0.25) is 5.43 Å². The second kappa shape index (κ2) is 11.9. The van der Waals surface area contributed by atoms with Gasteiger partial charge in [0.1, 0.15) is 30.1 Å². The molecule has 1 fully saturated rings. The van der Waals surface area contributed by atoms with Gasteiger partial charge in [0, 0.05) is 17.2 Å². The van der Waals surface area contributed by atoms with Crippen molar-refractivity contribution in [3.8, 4) is 11.8 Å². The van der Waals surface area contributed by atoms with Crippen LogP contribution >= 0.6 is 10.0 Å². The summed E-state index contributed by atoms with van der Waals surface area (Å²) in [5, 5.41) is 14.8. The second-order valence-corrected chi connectivity index (χ2v) is 15.8. The highest BCUT2D eigenvalue weighted by Crippen LogP contribution is 2.34. The topological polar surface area (TPSA) is 121 Å². The number of hydrogen-bond acceptors (Lipinski definition) is 8. The average Bonchev–Trinajstić information content (AvgIpc) is 3.72. The maximum absolute atomic E-state index is 13.1. The molecular formula is C30H35N5O5S. The molecule has 41 heavy (non-hydrogen) atoms. The number of rotatable bonds is 12. The third kappa shape index (κ3) is 6.72. The van der Waals surface area contributed by atoms with Crippen LogP contribution < -0.4 is 10.2 Å². The smallest absolute Gasteiger partial charge is 0.311 e. The molecule has 0 bridgehead atoms. The first-order valence-electron chi connectivity index (χ1n) is 13.5. The number of para-hydroxylation sites is 1. The second-order valence-electron chi connectivity index (χ2n) is 11.2. The van der Waals surface area contributed by atoms with Crippen molar-refractivity contribution in [2.24, 2.45) is 5.92 Å². The van der Waals surface area contributed by atoms with Gasteiger partial charge in [0.05, 0.1) is 55.4 Å². The summed E-state index contributed by atoms with van der Waals surface area (Å²) < 4.78 is 20.6. The number of ether oxygens (including phenoxy) is 3. The minimum absolute atomic E-state index is 0.102. The zero-order valence-corrected chi connectivity index (χ0v) is 24.7. The fourth-order valence-corrected chi connectivity index (χ4v) is 5.12. The quantitative estimate of drug-likeness (QED) is 0.184. The summed E-state index contributed by atoms with van der Waals surface area (Å²) >= 11 is 0. The zero-order chi connectivity index (χ0) is 29.1. The summed E-state index contributed by atoms with van der Waals surface area (Å²) in [4.78, 5) is 30.0. The highest BCUT2D eigenvalue weighted by atomic mass is 32.3. The molecule has 10 nitrogen and oxygen atoms in total. The maximum Gasteiger partial charge on any atom is 0.311 e. The number of carbonyl (C=O) groups excluding carboxylic acids is 1. The van der Waals surface area contributed by atoms with Crippen LogP contribution in [0.1, 0.15) is 29.9 Å². The molecule has 216 valence electrons. The molecule has 0 saturated heterocycles. The molecule has 1 saturated carbocycles. The van der Waals surface area contributed by atoms with Crippen molar-refractivity contribution in [3.63, 3.8) is 0 Å². The molecule has 0 unspecified atom stereocenters. The number of fused-ring (bicyclic) bond motifs is 2. The van der Waals surface area contributed by atoms with E-state index >= 15 is 0 Å². The molecule has 1 aliphatic carbocycles. The third-order valence-electron chi connectivity index (χ3n) is 7.04. The lowest BCUT2D eigenvalue weighted by atomic mass is 10.1. The highest BCUT2D eigenvalue weighted by molar-refractivity contribution is 8.32. The number of carbonyl (C=O) groups is 1. The molecule has 11 heteroatoms. The Bertz CT molecular complexity index is 1690. The Kier molecular flexibility index (Phi) is 8.33. The number of imidazole rings is 1. The number of benzene rings is 2. The molecule has 2 aromatic heterocycles. The van der Waals surface area contributed by atoms with E-state index in [1.807, 2.05) is 22.8 Å². The van der Waals surface area contributed by atoms with E-state index in [-0.39, 0.29) is 30.8 Å². The zero-order valence-electron chi connectivity index (χ0n) is 23.9. The minimum atomic E-state index is -0.725. The molecule has 0 amide bonds. The van der Waals surface area contributed by atoms with E-state index in [0.717, 1.165) is 24.1 Å². The van der Waals surface area contributed by atoms with Gasteiger partial charge in [-0.25, -0.2) is 15.0 Å². The largest absolute Gasteiger partial charge is 0.492 e. The van der Waals surface area contributed by atoms with Crippen LogP contribution in [0.3, 0.4) is 0 Å². The van der Waals surface area contributed by atoms with Gasteiger partial charge in [-0.05, 0) is 55.7 Å². The van der Waals surface area contributed by atoms with Crippen LogP contribution in [0.25, 0.3) is 21.9 Å². The number of methoxy groups -OCH3 is 1. The summed E-state index contributed by atoms with van der Waals surface area (Å²) in [5.74, 6) is 2.13. The van der Waals surface area contributed by atoms with Gasteiger partial charge < -0.3 is 18.8 Å². The fourth-order valence-electron chi connectivity index (χ4n) is 4.50. The van der Waals surface area contributed by atoms with E-state index in [9.17, 15) is 14.9 Å². The molecular weight excluding hydrogens is 542 g/mol. The molecule has 0 atom stereocenters. The number of esters is 1. The minimum Gasteiger partial charge on any atom is -0.492 e. The normalized spacial score (nSPS) is 13.8. The molecule has 0 spiro atoms. The third-order valence-corrected chi connectivity index (χ3v) is 8.43. The van der Waals surface area contributed by atoms with Gasteiger partial charge >= 0.3 is 5.97 Å². The van der Waals surface area contributed by atoms with Crippen LogP contribution in [-0.4, -0.2) is 70.1 Å². The van der Waals surface area contributed by atoms with E-state index in [4.69, 9.17) is 19.2 Å². The van der Waals surface area contributed by atoms with Crippen molar-refractivity contribution >= 4 is 37.9 Å². The van der Waals surface area contributed by atoms with Gasteiger partial charge in [-0.15, -0.1) is 0 Å². The SMILES string of the molecule is COC(=O)Cc1nn(Cc2nc3cc(C#N)c(OCC4CC4)cc3n2COCCS(C)(C)C)c2ccccc2c1=O. The maximum atomic E-state index is 13.1. The molecule has 0 radical (unpaired) electrons. The Morgan fingerprint density at radius 3 is 2.66 bits per heavy atom. The van der Waals surface area contributed by atoms with E-state index < -0.39 is 16.0 Å². The monoisotopic (exact) mass is 577 g/mol. The molecule has 0 aliphatic heterocycles. The molecule has 2 aromatic carbocycles. The van der Waals surface area contributed by atoms with E-state index in [2.05, 4.69) is 29.9 Å². The van der Waals surface area contributed by atoms with Crippen LogP contribution in [0.2, 0.25) is 0 Å². The summed E-state index contributed by atoms with van der Waals surface area (Å²) in [6.07, 6.45) is 8.81. The predicted molar refractivity (Wildman–Crippen MR) is 160 cm³/mol. The van der Waals surface area contributed by atoms with Crippen molar-refractivity contribution in [2.75, 3.05) is 44.8 Å². The van der Waals surface area contributed by atoms with Gasteiger partial charge in [0.25, 0.3) is 0 Å². The lowest BCUT2D eigenvalue weighted by Gasteiger charge is -2.24. The van der Waals surface area contributed by atoms with Crippen molar-refractivity contribution < 1.29 is 19.0 Å². The first-order valence-corrected chi connectivity index (χ1v) is 16.5. The van der Waals surface area contributed by atoms with E-state index in [1.54, 1.807) is 22.9 Å². The van der Waals surface area contributed by atoms with Crippen LogP contribution in [0, 0.1) is 17.2 Å². The van der Waals surface area contributed by atoms with Crippen molar-refractivity contribution in [2.45, 2.75) is 32.5 Å². The van der Waals surface area contributed by atoms with Gasteiger partial charge in [0.15, 0.2) is 0 Å². The fraction of sp³-hybridized carbons (Fsp3) is 0.433. The first kappa shape index (κ1) is 28.6. The van der Waals surface area contributed by atoms with Gasteiger partial charge in [-0.2, -0.15) is 10.4 Å². The Labute approximate surface area is 240 Å². The number of aromatic nitrogens is 4. The van der Waals surface area contributed by atoms with Crippen LogP contribution in [0.15, 0.2) is 41.2 Å². The van der Waals surface area contributed by atoms with Crippen LogP contribution in [0.4, 0.5) is 0 Å². The highest BCUT2D eigenvalue weighted by Gasteiger charge is 2.24. The number of nitriles is 1. The van der Waals surface area contributed by atoms with Crippen molar-refractivity contribution in [1.29, 1.82) is 5.26 Å². The lowest BCUT2D eigenvalue weighted by molar-refractivity contribution is -0.139. The molecule has 2 heterocycles. The average molecular weight is 578 g/mol. The van der Waals surface area contributed by atoms with Crippen molar-refractivity contribution in [1.82, 2.24) is 19.3 Å². The Hall–Kier alpha value is -3.88. The van der Waals surface area contributed by atoms with Crippen molar-refractivity contribution in [3.05, 3.63) is 63.7 Å². The van der Waals surface area contributed by atoms with E-state index in [0.29, 0.717) is 52.7 Å².